The molecule has 0 N–H and O–H groups in total. The van der Waals surface area contributed by atoms with E-state index in [4.69, 9.17) is 5.26 Å². The third kappa shape index (κ3) is 4.04. The number of nitrogens with zero attached hydrogens (tertiary/aromatic N) is 3. The van der Waals surface area contributed by atoms with Gasteiger partial charge < -0.3 is 4.90 Å². The zero-order valence-corrected chi connectivity index (χ0v) is 17.7. The first-order chi connectivity index (χ1) is 14.5. The minimum atomic E-state index is 0.102. The van der Waals surface area contributed by atoms with Crippen LogP contribution in [0.25, 0.3) is 11.3 Å². The van der Waals surface area contributed by atoms with Crippen LogP contribution in [0.2, 0.25) is 0 Å². The van der Waals surface area contributed by atoms with Crippen LogP contribution in [-0.4, -0.2) is 6.54 Å². The molecule has 4 rings (SSSR count). The molecule has 1 aromatic heterocycles. The molecular formula is C27H26N3+. The molecule has 0 saturated carbocycles. The van der Waals surface area contributed by atoms with E-state index in [2.05, 4.69) is 86.5 Å². The van der Waals surface area contributed by atoms with Gasteiger partial charge in [-0.2, -0.15) is 9.83 Å². The highest BCUT2D eigenvalue weighted by molar-refractivity contribution is 5.77. The molecule has 0 saturated heterocycles. The number of benzene rings is 2. The summed E-state index contributed by atoms with van der Waals surface area (Å²) in [5.41, 5.74) is 6.77. The third-order valence-corrected chi connectivity index (χ3v) is 5.40. The number of allylic oxidation sites excluding steroid dienone is 2. The smallest absolute Gasteiger partial charge is 0.211 e. The van der Waals surface area contributed by atoms with Crippen molar-refractivity contribution in [2.45, 2.75) is 26.2 Å². The van der Waals surface area contributed by atoms with Gasteiger partial charge in [-0.1, -0.05) is 51.1 Å². The van der Waals surface area contributed by atoms with Crippen LogP contribution < -0.4 is 9.47 Å². The van der Waals surface area contributed by atoms with Gasteiger partial charge in [0.05, 0.1) is 11.6 Å². The van der Waals surface area contributed by atoms with E-state index in [9.17, 15) is 0 Å². The fourth-order valence-corrected chi connectivity index (χ4v) is 3.77. The van der Waals surface area contributed by atoms with Gasteiger partial charge in [0.25, 0.3) is 0 Å². The summed E-state index contributed by atoms with van der Waals surface area (Å²) < 4.78 is 2.03. The minimum Gasteiger partial charge on any atom is -0.344 e. The maximum atomic E-state index is 9.11. The zero-order valence-electron chi connectivity index (χ0n) is 17.7. The lowest BCUT2D eigenvalue weighted by atomic mass is 9.85. The lowest BCUT2D eigenvalue weighted by Gasteiger charge is -2.30. The van der Waals surface area contributed by atoms with Crippen molar-refractivity contribution in [3.63, 3.8) is 0 Å². The van der Waals surface area contributed by atoms with Gasteiger partial charge in [-0.25, -0.2) is 0 Å². The standard InChI is InChI=1S/C27H26N3/c1-27(2,3)25-9-4-5-10-26(25)30-17-13-23(14-18-30)22-11-15-29(16-12-22)24-8-6-7-21(19-24)20-28/h4-17,19H,18H2,1-3H3/q+1. The Morgan fingerprint density at radius 1 is 0.967 bits per heavy atom. The molecule has 0 radical (unpaired) electrons. The predicted octanol–water partition coefficient (Wildman–Crippen LogP) is 5.55. The lowest BCUT2D eigenvalue weighted by molar-refractivity contribution is -0.595. The van der Waals surface area contributed by atoms with Crippen LogP contribution in [0.4, 0.5) is 5.69 Å². The molecule has 30 heavy (non-hydrogen) atoms. The number of hydrogen-bond donors (Lipinski definition) is 0. The van der Waals surface area contributed by atoms with E-state index < -0.39 is 0 Å². The van der Waals surface area contributed by atoms with Gasteiger partial charge in [-0.3, -0.25) is 0 Å². The van der Waals surface area contributed by atoms with Crippen molar-refractivity contribution in [1.82, 2.24) is 0 Å². The van der Waals surface area contributed by atoms with Crippen molar-refractivity contribution in [2.24, 2.45) is 0 Å². The Morgan fingerprint density at radius 3 is 2.40 bits per heavy atom. The van der Waals surface area contributed by atoms with Gasteiger partial charge in [-0.05, 0) is 40.3 Å². The number of rotatable bonds is 3. The fraction of sp³-hybridized carbons (Fsp3) is 0.185. The predicted molar refractivity (Wildman–Crippen MR) is 122 cm³/mol. The fourth-order valence-electron chi connectivity index (χ4n) is 3.77. The van der Waals surface area contributed by atoms with Gasteiger partial charge in [0.2, 0.25) is 5.69 Å². The SMILES string of the molecule is CC(C)(C)c1ccccc1N1C=CC(c2cc[n+](-c3cccc(C#N)c3)cc2)=CC1. The molecule has 2 heterocycles. The second kappa shape index (κ2) is 8.00. The first-order valence-corrected chi connectivity index (χ1v) is 10.2. The molecule has 1 aliphatic heterocycles. The van der Waals surface area contributed by atoms with Crippen LogP contribution >= 0.6 is 0 Å². The molecule has 3 heteroatoms. The van der Waals surface area contributed by atoms with E-state index in [1.807, 2.05) is 41.2 Å². The maximum Gasteiger partial charge on any atom is 0.211 e. The molecular weight excluding hydrogens is 366 g/mol. The van der Waals surface area contributed by atoms with Crippen LogP contribution in [-0.2, 0) is 5.41 Å². The summed E-state index contributed by atoms with van der Waals surface area (Å²) in [5.74, 6) is 0. The van der Waals surface area contributed by atoms with E-state index in [1.54, 1.807) is 0 Å². The molecule has 3 nitrogen and oxygen atoms in total. The molecule has 2 aromatic carbocycles. The Bertz CT molecular complexity index is 1160. The Kier molecular flexibility index (Phi) is 5.25. The molecule has 1 aliphatic rings. The first kappa shape index (κ1) is 19.7. The summed E-state index contributed by atoms with van der Waals surface area (Å²) in [6.07, 6.45) is 10.7. The van der Waals surface area contributed by atoms with Crippen molar-refractivity contribution >= 4 is 11.3 Å². The topological polar surface area (TPSA) is 30.9 Å². The quantitative estimate of drug-likeness (QED) is 0.547. The highest BCUT2D eigenvalue weighted by Gasteiger charge is 2.20. The van der Waals surface area contributed by atoms with E-state index in [-0.39, 0.29) is 5.41 Å². The average Bonchev–Trinajstić information content (AvgIpc) is 2.79. The Morgan fingerprint density at radius 2 is 1.73 bits per heavy atom. The van der Waals surface area contributed by atoms with E-state index >= 15 is 0 Å². The molecule has 0 atom stereocenters. The Hall–Kier alpha value is -3.64. The minimum absolute atomic E-state index is 0.102. The summed E-state index contributed by atoms with van der Waals surface area (Å²) in [6, 6.07) is 22.7. The highest BCUT2D eigenvalue weighted by atomic mass is 15.1. The average molecular weight is 393 g/mol. The number of para-hydroxylation sites is 1. The number of aromatic nitrogens is 1. The zero-order chi connectivity index (χ0) is 21.1. The maximum absolute atomic E-state index is 9.11. The highest BCUT2D eigenvalue weighted by Crippen LogP contribution is 2.33. The van der Waals surface area contributed by atoms with Gasteiger partial charge in [0, 0.05) is 42.7 Å². The van der Waals surface area contributed by atoms with E-state index in [0.717, 1.165) is 12.2 Å². The normalized spacial score (nSPS) is 13.7. The third-order valence-electron chi connectivity index (χ3n) is 5.40. The molecule has 148 valence electrons. The second-order valence-electron chi connectivity index (χ2n) is 8.55. The number of pyridine rings is 1. The van der Waals surface area contributed by atoms with Crippen LogP contribution in [0.1, 0.15) is 37.5 Å². The van der Waals surface area contributed by atoms with Gasteiger partial charge in [0.15, 0.2) is 12.4 Å². The monoisotopic (exact) mass is 392 g/mol. The molecule has 0 amide bonds. The number of nitriles is 1. The molecule has 3 aromatic rings. The van der Waals surface area contributed by atoms with Crippen LogP contribution in [0.3, 0.4) is 0 Å². The summed E-state index contributed by atoms with van der Waals surface area (Å²) in [4.78, 5) is 2.31. The van der Waals surface area contributed by atoms with Crippen LogP contribution in [0, 0.1) is 11.3 Å². The first-order valence-electron chi connectivity index (χ1n) is 10.2. The number of hydrogen-bond acceptors (Lipinski definition) is 2. The summed E-state index contributed by atoms with van der Waals surface area (Å²) in [6.45, 7) is 7.61. The lowest BCUT2D eigenvalue weighted by Crippen LogP contribution is -2.29. The summed E-state index contributed by atoms with van der Waals surface area (Å²) in [5, 5.41) is 9.11. The molecule has 0 spiro atoms. The van der Waals surface area contributed by atoms with Crippen LogP contribution in [0.15, 0.2) is 91.4 Å². The van der Waals surface area contributed by atoms with E-state index in [1.165, 1.54) is 22.4 Å². The van der Waals surface area contributed by atoms with Gasteiger partial charge in [0.1, 0.15) is 0 Å². The van der Waals surface area contributed by atoms with Crippen molar-refractivity contribution in [2.75, 3.05) is 11.4 Å². The van der Waals surface area contributed by atoms with Gasteiger partial charge >= 0.3 is 0 Å². The van der Waals surface area contributed by atoms with Crippen molar-refractivity contribution in [3.05, 3.63) is 108 Å². The molecule has 0 aliphatic carbocycles. The number of anilines is 1. The molecule has 0 unspecified atom stereocenters. The van der Waals surface area contributed by atoms with Crippen molar-refractivity contribution < 1.29 is 4.57 Å². The molecule has 0 bridgehead atoms. The summed E-state index contributed by atoms with van der Waals surface area (Å²) >= 11 is 0. The van der Waals surface area contributed by atoms with Gasteiger partial charge in [-0.15, -0.1) is 0 Å². The second-order valence-corrected chi connectivity index (χ2v) is 8.55. The van der Waals surface area contributed by atoms with Crippen LogP contribution in [0.5, 0.6) is 0 Å². The molecule has 0 fully saturated rings. The van der Waals surface area contributed by atoms with E-state index in [0.29, 0.717) is 5.56 Å². The largest absolute Gasteiger partial charge is 0.344 e. The Labute approximate surface area is 178 Å². The van der Waals surface area contributed by atoms with Crippen molar-refractivity contribution in [1.29, 1.82) is 5.26 Å². The van der Waals surface area contributed by atoms with Crippen molar-refractivity contribution in [3.8, 4) is 11.8 Å². The Balaban J connectivity index is 1.54. The summed E-state index contributed by atoms with van der Waals surface area (Å²) in [7, 11) is 0.